The van der Waals surface area contributed by atoms with Crippen molar-refractivity contribution in [2.24, 2.45) is 5.41 Å². The van der Waals surface area contributed by atoms with Crippen molar-refractivity contribution < 1.29 is 9.53 Å². The van der Waals surface area contributed by atoms with Gasteiger partial charge in [-0.1, -0.05) is 38.1 Å². The van der Waals surface area contributed by atoms with Crippen molar-refractivity contribution in [1.29, 1.82) is 0 Å². The molecule has 0 bridgehead atoms. The maximum atomic E-state index is 13.0. The number of aromatic nitrogens is 2. The number of nitrogens with zero attached hydrogens (tertiary/aromatic N) is 2. The van der Waals surface area contributed by atoms with Crippen LogP contribution in [0.1, 0.15) is 41.9 Å². The van der Waals surface area contributed by atoms with Gasteiger partial charge in [-0.3, -0.25) is 4.79 Å². The van der Waals surface area contributed by atoms with Gasteiger partial charge in [0, 0.05) is 12.1 Å². The summed E-state index contributed by atoms with van der Waals surface area (Å²) in [6.07, 6.45) is 1.17. The molecule has 3 aromatic rings. The SMILES string of the molecule is COc1ccccc1Nc1nc(Nc2cccc(C)c2)nc2c1C(=O)CC(C)(C)C2. The summed E-state index contributed by atoms with van der Waals surface area (Å²) < 4.78 is 5.45. The first-order chi connectivity index (χ1) is 14.3. The minimum atomic E-state index is -0.138. The fourth-order valence-corrected chi connectivity index (χ4v) is 3.84. The molecular formula is C24H26N4O2. The van der Waals surface area contributed by atoms with Gasteiger partial charge in [0.15, 0.2) is 5.78 Å². The highest BCUT2D eigenvalue weighted by Crippen LogP contribution is 2.38. The molecule has 2 aromatic carbocycles. The quantitative estimate of drug-likeness (QED) is 0.592. The Bertz CT molecular complexity index is 1110. The smallest absolute Gasteiger partial charge is 0.229 e. The number of hydrogen-bond acceptors (Lipinski definition) is 6. The van der Waals surface area contributed by atoms with Gasteiger partial charge in [-0.25, -0.2) is 4.98 Å². The zero-order chi connectivity index (χ0) is 21.3. The molecule has 1 aliphatic rings. The van der Waals surface area contributed by atoms with E-state index in [0.717, 1.165) is 22.6 Å². The van der Waals surface area contributed by atoms with E-state index in [-0.39, 0.29) is 11.2 Å². The molecule has 0 fully saturated rings. The van der Waals surface area contributed by atoms with Crippen molar-refractivity contribution in [3.8, 4) is 5.75 Å². The van der Waals surface area contributed by atoms with Crippen molar-refractivity contribution in [2.45, 2.75) is 33.6 Å². The number of anilines is 4. The Kier molecular flexibility index (Phi) is 5.16. The molecule has 0 aliphatic heterocycles. The molecule has 30 heavy (non-hydrogen) atoms. The van der Waals surface area contributed by atoms with Gasteiger partial charge >= 0.3 is 0 Å². The fourth-order valence-electron chi connectivity index (χ4n) is 3.84. The van der Waals surface area contributed by atoms with E-state index in [2.05, 4.69) is 29.5 Å². The lowest BCUT2D eigenvalue weighted by Crippen LogP contribution is -2.29. The van der Waals surface area contributed by atoms with Crippen molar-refractivity contribution in [2.75, 3.05) is 17.7 Å². The number of methoxy groups -OCH3 is 1. The van der Waals surface area contributed by atoms with Gasteiger partial charge in [-0.2, -0.15) is 4.98 Å². The molecule has 6 heteroatoms. The predicted octanol–water partition coefficient (Wildman–Crippen LogP) is 5.44. The van der Waals surface area contributed by atoms with Crippen molar-refractivity contribution in [3.63, 3.8) is 0 Å². The number of carbonyl (C=O) groups excluding carboxylic acids is 1. The highest BCUT2D eigenvalue weighted by Gasteiger charge is 2.35. The van der Waals surface area contributed by atoms with Crippen LogP contribution in [-0.4, -0.2) is 22.9 Å². The number of nitrogens with one attached hydrogen (secondary N) is 2. The summed E-state index contributed by atoms with van der Waals surface area (Å²) >= 11 is 0. The van der Waals surface area contributed by atoms with Crippen LogP contribution in [0, 0.1) is 12.3 Å². The molecule has 0 unspecified atom stereocenters. The molecule has 0 saturated heterocycles. The minimum absolute atomic E-state index is 0.0563. The molecule has 154 valence electrons. The zero-order valence-electron chi connectivity index (χ0n) is 17.7. The summed E-state index contributed by atoms with van der Waals surface area (Å²) in [6, 6.07) is 15.6. The normalized spacial score (nSPS) is 14.7. The van der Waals surface area contributed by atoms with Crippen LogP contribution in [0.25, 0.3) is 0 Å². The number of benzene rings is 2. The van der Waals surface area contributed by atoms with Crippen LogP contribution in [0.3, 0.4) is 0 Å². The highest BCUT2D eigenvalue weighted by molar-refractivity contribution is 6.03. The molecule has 2 N–H and O–H groups in total. The third-order valence-corrected chi connectivity index (χ3v) is 5.18. The lowest BCUT2D eigenvalue weighted by molar-refractivity contribution is 0.0911. The summed E-state index contributed by atoms with van der Waals surface area (Å²) in [5.41, 5.74) is 3.98. The first-order valence-electron chi connectivity index (χ1n) is 10.0. The van der Waals surface area contributed by atoms with Crippen LogP contribution in [0.4, 0.5) is 23.1 Å². The van der Waals surface area contributed by atoms with Gasteiger partial charge < -0.3 is 15.4 Å². The van der Waals surface area contributed by atoms with Crippen LogP contribution in [-0.2, 0) is 6.42 Å². The van der Waals surface area contributed by atoms with Gasteiger partial charge in [0.2, 0.25) is 5.95 Å². The number of fused-ring (bicyclic) bond motifs is 1. The maximum absolute atomic E-state index is 13.0. The third kappa shape index (κ3) is 4.13. The summed E-state index contributed by atoms with van der Waals surface area (Å²) in [4.78, 5) is 22.4. The van der Waals surface area contributed by atoms with Crippen LogP contribution >= 0.6 is 0 Å². The van der Waals surface area contributed by atoms with Crippen LogP contribution in [0.5, 0.6) is 5.75 Å². The van der Waals surface area contributed by atoms with Crippen LogP contribution in [0.15, 0.2) is 48.5 Å². The first-order valence-corrected chi connectivity index (χ1v) is 10.0. The lowest BCUT2D eigenvalue weighted by atomic mass is 9.75. The van der Waals surface area contributed by atoms with Gasteiger partial charge in [-0.15, -0.1) is 0 Å². The van der Waals surface area contributed by atoms with Crippen molar-refractivity contribution >= 4 is 28.9 Å². The summed E-state index contributed by atoms with van der Waals surface area (Å²) in [6.45, 7) is 6.22. The molecule has 0 atom stereocenters. The number of aryl methyl sites for hydroxylation is 1. The number of ether oxygens (including phenoxy) is 1. The number of rotatable bonds is 5. The molecule has 0 radical (unpaired) electrons. The Labute approximate surface area is 176 Å². The third-order valence-electron chi connectivity index (χ3n) is 5.18. The molecular weight excluding hydrogens is 376 g/mol. The molecule has 1 aliphatic carbocycles. The highest BCUT2D eigenvalue weighted by atomic mass is 16.5. The lowest BCUT2D eigenvalue weighted by Gasteiger charge is -2.30. The van der Waals surface area contributed by atoms with E-state index in [4.69, 9.17) is 9.72 Å². The van der Waals surface area contributed by atoms with Crippen LogP contribution < -0.4 is 15.4 Å². The van der Waals surface area contributed by atoms with Gasteiger partial charge in [0.05, 0.1) is 24.1 Å². The van der Waals surface area contributed by atoms with E-state index in [1.54, 1.807) is 7.11 Å². The van der Waals surface area contributed by atoms with Crippen molar-refractivity contribution in [3.05, 3.63) is 65.4 Å². The van der Waals surface area contributed by atoms with E-state index in [9.17, 15) is 4.79 Å². The zero-order valence-corrected chi connectivity index (χ0v) is 17.7. The average Bonchev–Trinajstić information content (AvgIpc) is 2.67. The van der Waals surface area contributed by atoms with E-state index >= 15 is 0 Å². The van der Waals surface area contributed by atoms with Crippen molar-refractivity contribution in [1.82, 2.24) is 9.97 Å². The molecule has 6 nitrogen and oxygen atoms in total. The Morgan fingerprint density at radius 3 is 2.57 bits per heavy atom. The summed E-state index contributed by atoms with van der Waals surface area (Å²) in [5.74, 6) is 1.70. The maximum Gasteiger partial charge on any atom is 0.229 e. The fraction of sp³-hybridized carbons (Fsp3) is 0.292. The molecule has 0 spiro atoms. The van der Waals surface area contributed by atoms with E-state index in [0.29, 0.717) is 35.9 Å². The molecule has 0 amide bonds. The topological polar surface area (TPSA) is 76.1 Å². The first kappa shape index (κ1) is 19.9. The Balaban J connectivity index is 1.79. The van der Waals surface area contributed by atoms with Gasteiger partial charge in [0.1, 0.15) is 11.6 Å². The van der Waals surface area contributed by atoms with Crippen LogP contribution in [0.2, 0.25) is 0 Å². The number of carbonyl (C=O) groups is 1. The second kappa shape index (κ2) is 7.78. The summed E-state index contributed by atoms with van der Waals surface area (Å²) in [7, 11) is 1.62. The number of ketones is 1. The Hall–Kier alpha value is -3.41. The monoisotopic (exact) mass is 402 g/mol. The minimum Gasteiger partial charge on any atom is -0.495 e. The number of para-hydroxylation sites is 2. The molecule has 0 saturated carbocycles. The van der Waals surface area contributed by atoms with Gasteiger partial charge in [-0.05, 0) is 48.6 Å². The number of Topliss-reactive ketones (excluding diaryl/α,β-unsaturated/α-hetero) is 1. The second-order valence-electron chi connectivity index (χ2n) is 8.48. The number of hydrogen-bond donors (Lipinski definition) is 2. The second-order valence-corrected chi connectivity index (χ2v) is 8.48. The van der Waals surface area contributed by atoms with E-state index in [1.165, 1.54) is 0 Å². The Morgan fingerprint density at radius 2 is 1.80 bits per heavy atom. The van der Waals surface area contributed by atoms with E-state index in [1.807, 2.05) is 55.5 Å². The molecule has 4 rings (SSSR count). The summed E-state index contributed by atoms with van der Waals surface area (Å²) in [5, 5.41) is 6.60. The largest absolute Gasteiger partial charge is 0.495 e. The van der Waals surface area contributed by atoms with Gasteiger partial charge in [0.25, 0.3) is 0 Å². The standard InChI is InChI=1S/C24H26N4O2/c1-15-8-7-9-16(12-15)25-23-27-18-13-24(2,3)14-19(29)21(18)22(28-23)26-17-10-5-6-11-20(17)30-4/h5-12H,13-14H2,1-4H3,(H2,25,26,27,28). The predicted molar refractivity (Wildman–Crippen MR) is 119 cm³/mol. The molecule has 1 aromatic heterocycles. The Morgan fingerprint density at radius 1 is 1.00 bits per heavy atom. The molecule has 1 heterocycles. The average molecular weight is 402 g/mol. The van der Waals surface area contributed by atoms with E-state index < -0.39 is 0 Å².